The van der Waals surface area contributed by atoms with Crippen molar-refractivity contribution in [1.82, 2.24) is 15.5 Å². The Morgan fingerprint density at radius 3 is 2.48 bits per heavy atom. The molecule has 0 saturated carbocycles. The Labute approximate surface area is 133 Å². The lowest BCUT2D eigenvalue weighted by Crippen LogP contribution is -2.51. The van der Waals surface area contributed by atoms with Crippen LogP contribution in [0.5, 0.6) is 0 Å². The standard InChI is InChI=1S/C14H19N5O4/c1-15-14(21)16-13(20)10-17-6-8-18(9-7-17)11-4-2-3-5-12(11)19(22)23/h2-5H,6-10H2,1H3,(H2,15,16,20,21). The van der Waals surface area contributed by atoms with Crippen molar-refractivity contribution in [3.63, 3.8) is 0 Å². The van der Waals surface area contributed by atoms with Crippen LogP contribution in [0.3, 0.4) is 0 Å². The minimum atomic E-state index is -0.534. The van der Waals surface area contributed by atoms with Crippen LogP contribution in [0.1, 0.15) is 0 Å². The van der Waals surface area contributed by atoms with Gasteiger partial charge in [0.15, 0.2) is 0 Å². The summed E-state index contributed by atoms with van der Waals surface area (Å²) in [7, 11) is 1.44. The Morgan fingerprint density at radius 2 is 1.87 bits per heavy atom. The molecular weight excluding hydrogens is 302 g/mol. The van der Waals surface area contributed by atoms with Crippen LogP contribution in [0, 0.1) is 10.1 Å². The van der Waals surface area contributed by atoms with Crippen molar-refractivity contribution in [2.45, 2.75) is 0 Å². The van der Waals surface area contributed by atoms with Crippen molar-refractivity contribution in [2.24, 2.45) is 0 Å². The molecule has 0 radical (unpaired) electrons. The molecule has 0 aliphatic carbocycles. The number of nitrogens with zero attached hydrogens (tertiary/aromatic N) is 3. The predicted molar refractivity (Wildman–Crippen MR) is 84.3 cm³/mol. The number of nitro benzene ring substituents is 1. The van der Waals surface area contributed by atoms with Crippen LogP contribution in [0.25, 0.3) is 0 Å². The second kappa shape index (κ2) is 7.54. The number of rotatable bonds is 4. The molecule has 124 valence electrons. The second-order valence-corrected chi connectivity index (χ2v) is 5.14. The van der Waals surface area contributed by atoms with E-state index in [0.29, 0.717) is 31.9 Å². The number of hydrogen-bond acceptors (Lipinski definition) is 6. The lowest BCUT2D eigenvalue weighted by atomic mass is 10.2. The molecule has 1 aliphatic rings. The number of piperazine rings is 1. The molecule has 0 aromatic heterocycles. The molecule has 0 atom stereocenters. The van der Waals surface area contributed by atoms with Gasteiger partial charge in [-0.25, -0.2) is 4.79 Å². The number of carbonyl (C=O) groups is 2. The van der Waals surface area contributed by atoms with Gasteiger partial charge in [-0.2, -0.15) is 0 Å². The summed E-state index contributed by atoms with van der Waals surface area (Å²) >= 11 is 0. The van der Waals surface area contributed by atoms with Crippen molar-refractivity contribution < 1.29 is 14.5 Å². The third-order valence-corrected chi connectivity index (χ3v) is 3.64. The fourth-order valence-electron chi connectivity index (χ4n) is 2.46. The first-order valence-corrected chi connectivity index (χ1v) is 7.23. The summed E-state index contributed by atoms with van der Waals surface area (Å²) in [5.41, 5.74) is 0.672. The Hall–Kier alpha value is -2.68. The molecular formula is C14H19N5O4. The van der Waals surface area contributed by atoms with E-state index in [2.05, 4.69) is 10.6 Å². The van der Waals surface area contributed by atoms with Gasteiger partial charge < -0.3 is 10.2 Å². The molecule has 9 heteroatoms. The molecule has 23 heavy (non-hydrogen) atoms. The normalized spacial score (nSPS) is 15.1. The summed E-state index contributed by atoms with van der Waals surface area (Å²) in [6, 6.07) is 6.09. The smallest absolute Gasteiger partial charge is 0.321 e. The summed E-state index contributed by atoms with van der Waals surface area (Å²) in [5.74, 6) is -0.372. The first-order valence-electron chi connectivity index (χ1n) is 7.23. The average molecular weight is 321 g/mol. The van der Waals surface area contributed by atoms with Gasteiger partial charge >= 0.3 is 6.03 Å². The lowest BCUT2D eigenvalue weighted by Gasteiger charge is -2.35. The van der Waals surface area contributed by atoms with Crippen LogP contribution in [-0.2, 0) is 4.79 Å². The van der Waals surface area contributed by atoms with Crippen LogP contribution in [0.15, 0.2) is 24.3 Å². The maximum Gasteiger partial charge on any atom is 0.321 e. The summed E-state index contributed by atoms with van der Waals surface area (Å²) in [6.07, 6.45) is 0. The number of urea groups is 1. The summed E-state index contributed by atoms with van der Waals surface area (Å²) in [5, 5.41) is 15.6. The van der Waals surface area contributed by atoms with Gasteiger partial charge in [-0.15, -0.1) is 0 Å². The molecule has 2 rings (SSSR count). The highest BCUT2D eigenvalue weighted by molar-refractivity contribution is 5.95. The van der Waals surface area contributed by atoms with Crippen LogP contribution in [0.2, 0.25) is 0 Å². The highest BCUT2D eigenvalue weighted by Gasteiger charge is 2.24. The second-order valence-electron chi connectivity index (χ2n) is 5.14. The maximum absolute atomic E-state index is 11.7. The van der Waals surface area contributed by atoms with E-state index in [1.54, 1.807) is 18.2 Å². The molecule has 1 saturated heterocycles. The van der Waals surface area contributed by atoms with Crippen molar-refractivity contribution in [1.29, 1.82) is 0 Å². The molecule has 3 amide bonds. The van der Waals surface area contributed by atoms with E-state index in [9.17, 15) is 19.7 Å². The van der Waals surface area contributed by atoms with E-state index in [-0.39, 0.29) is 18.1 Å². The molecule has 1 fully saturated rings. The van der Waals surface area contributed by atoms with Crippen LogP contribution in [-0.4, -0.2) is 61.5 Å². The van der Waals surface area contributed by atoms with Gasteiger partial charge in [0.2, 0.25) is 5.91 Å². The van der Waals surface area contributed by atoms with Crippen LogP contribution < -0.4 is 15.5 Å². The van der Waals surface area contributed by atoms with Crippen molar-refractivity contribution in [3.8, 4) is 0 Å². The Morgan fingerprint density at radius 1 is 1.22 bits per heavy atom. The number of anilines is 1. The van der Waals surface area contributed by atoms with E-state index in [0.717, 1.165) is 0 Å². The van der Waals surface area contributed by atoms with Gasteiger partial charge in [0, 0.05) is 39.3 Å². The molecule has 1 aromatic carbocycles. The highest BCUT2D eigenvalue weighted by atomic mass is 16.6. The minimum absolute atomic E-state index is 0.0818. The zero-order chi connectivity index (χ0) is 16.8. The molecule has 9 nitrogen and oxygen atoms in total. The summed E-state index contributed by atoms with van der Waals surface area (Å²) in [4.78, 5) is 37.3. The largest absolute Gasteiger partial charge is 0.363 e. The Kier molecular flexibility index (Phi) is 5.47. The third-order valence-electron chi connectivity index (χ3n) is 3.64. The number of hydrogen-bond donors (Lipinski definition) is 2. The Bertz CT molecular complexity index is 599. The number of nitro groups is 1. The lowest BCUT2D eigenvalue weighted by molar-refractivity contribution is -0.384. The first-order chi connectivity index (χ1) is 11.0. The third kappa shape index (κ3) is 4.39. The van der Waals surface area contributed by atoms with Crippen molar-refractivity contribution >= 4 is 23.3 Å². The van der Waals surface area contributed by atoms with Crippen LogP contribution >= 0.6 is 0 Å². The first kappa shape index (κ1) is 16.7. The van der Waals surface area contributed by atoms with Crippen LogP contribution in [0.4, 0.5) is 16.2 Å². The van der Waals surface area contributed by atoms with Gasteiger partial charge in [-0.3, -0.25) is 25.1 Å². The molecule has 1 aromatic rings. The van der Waals surface area contributed by atoms with E-state index < -0.39 is 11.0 Å². The molecule has 0 bridgehead atoms. The van der Waals surface area contributed by atoms with Gasteiger partial charge in [0.05, 0.1) is 11.5 Å². The van der Waals surface area contributed by atoms with Gasteiger partial charge in [-0.1, -0.05) is 12.1 Å². The van der Waals surface area contributed by atoms with E-state index in [4.69, 9.17) is 0 Å². The predicted octanol–water partition coefficient (Wildman–Crippen LogP) is 0.172. The minimum Gasteiger partial charge on any atom is -0.363 e. The summed E-state index contributed by atoms with van der Waals surface area (Å²) < 4.78 is 0. The van der Waals surface area contributed by atoms with E-state index in [1.165, 1.54) is 13.1 Å². The van der Waals surface area contributed by atoms with Gasteiger partial charge in [0.1, 0.15) is 5.69 Å². The zero-order valence-electron chi connectivity index (χ0n) is 12.8. The van der Waals surface area contributed by atoms with Crippen molar-refractivity contribution in [2.75, 3.05) is 44.7 Å². The SMILES string of the molecule is CNC(=O)NC(=O)CN1CCN(c2ccccc2[N+](=O)[O-])CC1. The fourth-order valence-corrected chi connectivity index (χ4v) is 2.46. The number of para-hydroxylation sites is 2. The Balaban J connectivity index is 1.90. The number of benzene rings is 1. The van der Waals surface area contributed by atoms with E-state index in [1.807, 2.05) is 9.80 Å². The summed E-state index contributed by atoms with van der Waals surface area (Å²) in [6.45, 7) is 2.47. The zero-order valence-corrected chi connectivity index (χ0v) is 12.8. The number of amides is 3. The maximum atomic E-state index is 11.7. The molecule has 1 heterocycles. The number of carbonyl (C=O) groups excluding carboxylic acids is 2. The van der Waals surface area contributed by atoms with Gasteiger partial charge in [0.25, 0.3) is 5.69 Å². The van der Waals surface area contributed by atoms with Crippen molar-refractivity contribution in [3.05, 3.63) is 34.4 Å². The topological polar surface area (TPSA) is 108 Å². The highest BCUT2D eigenvalue weighted by Crippen LogP contribution is 2.28. The molecule has 0 spiro atoms. The molecule has 2 N–H and O–H groups in total. The molecule has 1 aliphatic heterocycles. The quantitative estimate of drug-likeness (QED) is 0.605. The molecule has 0 unspecified atom stereocenters. The fraction of sp³-hybridized carbons (Fsp3) is 0.429. The number of nitrogens with one attached hydrogen (secondary N) is 2. The van der Waals surface area contributed by atoms with Gasteiger partial charge in [-0.05, 0) is 6.07 Å². The van der Waals surface area contributed by atoms with E-state index >= 15 is 0 Å². The average Bonchev–Trinajstić information content (AvgIpc) is 2.55. The number of imide groups is 1. The monoisotopic (exact) mass is 321 g/mol.